The van der Waals surface area contributed by atoms with Gasteiger partial charge in [-0.15, -0.1) is 0 Å². The molecule has 3 nitrogen and oxygen atoms in total. The van der Waals surface area contributed by atoms with E-state index in [0.717, 1.165) is 25.7 Å². The highest BCUT2D eigenvalue weighted by Crippen LogP contribution is 2.19. The van der Waals surface area contributed by atoms with Gasteiger partial charge in [0.1, 0.15) is 0 Å². The summed E-state index contributed by atoms with van der Waals surface area (Å²) in [5.41, 5.74) is 2.68. The number of rotatable bonds is 4. The fraction of sp³-hybridized carbons (Fsp3) is 1.00. The molecule has 3 heteroatoms. The summed E-state index contributed by atoms with van der Waals surface area (Å²) >= 11 is 0. The van der Waals surface area contributed by atoms with E-state index in [4.69, 9.17) is 10.6 Å². The lowest BCUT2D eigenvalue weighted by molar-refractivity contribution is 0.0633. The van der Waals surface area contributed by atoms with Crippen LogP contribution in [0.5, 0.6) is 0 Å². The van der Waals surface area contributed by atoms with Crippen LogP contribution in [0, 0.1) is 5.92 Å². The summed E-state index contributed by atoms with van der Waals surface area (Å²) in [6, 6.07) is 0. The van der Waals surface area contributed by atoms with Crippen molar-refractivity contribution in [1.82, 2.24) is 5.43 Å². The molecule has 1 rings (SSSR count). The smallest absolute Gasteiger partial charge is 0.0468 e. The molecule has 0 saturated carbocycles. The average molecular weight is 158 g/mol. The molecular weight excluding hydrogens is 140 g/mol. The van der Waals surface area contributed by atoms with Crippen LogP contribution in [0.3, 0.4) is 0 Å². The van der Waals surface area contributed by atoms with Crippen LogP contribution in [0.4, 0.5) is 0 Å². The molecule has 0 aromatic carbocycles. The molecular formula is C8H18N2O. The van der Waals surface area contributed by atoms with Crippen molar-refractivity contribution in [3.8, 4) is 0 Å². The van der Waals surface area contributed by atoms with Crippen molar-refractivity contribution in [1.29, 1.82) is 0 Å². The zero-order valence-electron chi connectivity index (χ0n) is 7.01. The minimum Gasteiger partial charge on any atom is -0.381 e. The van der Waals surface area contributed by atoms with Crippen molar-refractivity contribution in [3.05, 3.63) is 0 Å². The van der Waals surface area contributed by atoms with E-state index in [1.807, 2.05) is 0 Å². The van der Waals surface area contributed by atoms with E-state index >= 15 is 0 Å². The summed E-state index contributed by atoms with van der Waals surface area (Å²) in [4.78, 5) is 0. The van der Waals surface area contributed by atoms with Gasteiger partial charge in [0, 0.05) is 19.8 Å². The highest BCUT2D eigenvalue weighted by atomic mass is 16.5. The number of nitrogens with two attached hydrogens (primary N) is 1. The lowest BCUT2D eigenvalue weighted by atomic mass is 9.95. The van der Waals surface area contributed by atoms with Gasteiger partial charge in [-0.2, -0.15) is 0 Å². The largest absolute Gasteiger partial charge is 0.381 e. The third kappa shape index (κ3) is 3.70. The quantitative estimate of drug-likeness (QED) is 0.359. The van der Waals surface area contributed by atoms with E-state index in [1.165, 1.54) is 25.7 Å². The van der Waals surface area contributed by atoms with Gasteiger partial charge in [0.25, 0.3) is 0 Å². The first-order valence-corrected chi connectivity index (χ1v) is 4.44. The molecule has 3 N–H and O–H groups in total. The van der Waals surface area contributed by atoms with Crippen molar-refractivity contribution in [2.45, 2.75) is 25.7 Å². The molecule has 1 fully saturated rings. The third-order valence-electron chi connectivity index (χ3n) is 2.27. The Morgan fingerprint density at radius 2 is 2.09 bits per heavy atom. The lowest BCUT2D eigenvalue weighted by Crippen LogP contribution is -2.24. The highest BCUT2D eigenvalue weighted by molar-refractivity contribution is 4.63. The normalized spacial score (nSPS) is 20.5. The van der Waals surface area contributed by atoms with Crippen LogP contribution in [0.15, 0.2) is 0 Å². The van der Waals surface area contributed by atoms with Crippen LogP contribution in [-0.4, -0.2) is 19.8 Å². The number of ether oxygens (including phenoxy) is 1. The van der Waals surface area contributed by atoms with E-state index in [1.54, 1.807) is 0 Å². The van der Waals surface area contributed by atoms with Gasteiger partial charge in [-0.1, -0.05) is 0 Å². The van der Waals surface area contributed by atoms with Crippen molar-refractivity contribution in [2.75, 3.05) is 19.8 Å². The summed E-state index contributed by atoms with van der Waals surface area (Å²) in [6.07, 6.45) is 4.98. The van der Waals surface area contributed by atoms with Crippen LogP contribution in [0.2, 0.25) is 0 Å². The predicted molar refractivity (Wildman–Crippen MR) is 45.0 cm³/mol. The molecule has 0 aromatic rings. The van der Waals surface area contributed by atoms with Crippen LogP contribution < -0.4 is 11.3 Å². The van der Waals surface area contributed by atoms with Gasteiger partial charge in [-0.25, -0.2) is 0 Å². The molecule has 0 aromatic heterocycles. The molecule has 1 aliphatic rings. The van der Waals surface area contributed by atoms with Crippen LogP contribution in [0.25, 0.3) is 0 Å². The van der Waals surface area contributed by atoms with E-state index in [2.05, 4.69) is 5.43 Å². The molecule has 0 radical (unpaired) electrons. The van der Waals surface area contributed by atoms with Gasteiger partial charge in [-0.05, 0) is 31.6 Å². The van der Waals surface area contributed by atoms with Crippen LogP contribution >= 0.6 is 0 Å². The molecule has 0 amide bonds. The Bertz CT molecular complexity index is 92.1. The van der Waals surface area contributed by atoms with Gasteiger partial charge in [0.2, 0.25) is 0 Å². The summed E-state index contributed by atoms with van der Waals surface area (Å²) in [5, 5.41) is 0. The topological polar surface area (TPSA) is 47.3 Å². The van der Waals surface area contributed by atoms with Crippen molar-refractivity contribution < 1.29 is 4.74 Å². The predicted octanol–water partition coefficient (Wildman–Crippen LogP) is 0.656. The molecule has 0 spiro atoms. The van der Waals surface area contributed by atoms with Crippen molar-refractivity contribution >= 4 is 0 Å². The number of nitrogens with one attached hydrogen (secondary N) is 1. The first-order valence-electron chi connectivity index (χ1n) is 4.44. The lowest BCUT2D eigenvalue weighted by Gasteiger charge is -2.21. The Morgan fingerprint density at radius 1 is 1.36 bits per heavy atom. The Hall–Kier alpha value is -0.120. The SMILES string of the molecule is NNCCCC1CCOCC1. The second kappa shape index (κ2) is 5.52. The van der Waals surface area contributed by atoms with E-state index < -0.39 is 0 Å². The summed E-state index contributed by atoms with van der Waals surface area (Å²) in [7, 11) is 0. The van der Waals surface area contributed by atoms with Crippen LogP contribution in [-0.2, 0) is 4.74 Å². The molecule has 1 heterocycles. The molecule has 0 bridgehead atoms. The Balaban J connectivity index is 1.96. The standard InChI is InChI=1S/C8H18N2O/c9-10-5-1-2-8-3-6-11-7-4-8/h8,10H,1-7,9H2. The first-order chi connectivity index (χ1) is 5.43. The number of hydrogen-bond acceptors (Lipinski definition) is 3. The van der Waals surface area contributed by atoms with Crippen LogP contribution in [0.1, 0.15) is 25.7 Å². The maximum atomic E-state index is 5.27. The monoisotopic (exact) mass is 158 g/mol. The second-order valence-corrected chi connectivity index (χ2v) is 3.15. The summed E-state index contributed by atoms with van der Waals surface area (Å²) in [5.74, 6) is 6.06. The van der Waals surface area contributed by atoms with Gasteiger partial charge in [0.15, 0.2) is 0 Å². The molecule has 0 unspecified atom stereocenters. The van der Waals surface area contributed by atoms with E-state index in [9.17, 15) is 0 Å². The second-order valence-electron chi connectivity index (χ2n) is 3.15. The molecule has 66 valence electrons. The molecule has 0 aliphatic carbocycles. The zero-order chi connectivity index (χ0) is 7.94. The molecule has 0 atom stereocenters. The average Bonchev–Trinajstić information content (AvgIpc) is 2.07. The highest BCUT2D eigenvalue weighted by Gasteiger charge is 2.12. The number of hydrogen-bond donors (Lipinski definition) is 2. The Labute approximate surface area is 68.3 Å². The summed E-state index contributed by atoms with van der Waals surface area (Å²) in [6.45, 7) is 2.86. The maximum absolute atomic E-state index is 5.27. The Morgan fingerprint density at radius 3 is 2.73 bits per heavy atom. The summed E-state index contributed by atoms with van der Waals surface area (Å²) < 4.78 is 5.27. The van der Waals surface area contributed by atoms with Gasteiger partial charge >= 0.3 is 0 Å². The molecule has 11 heavy (non-hydrogen) atoms. The maximum Gasteiger partial charge on any atom is 0.0468 e. The van der Waals surface area contributed by atoms with E-state index in [0.29, 0.717) is 0 Å². The van der Waals surface area contributed by atoms with Gasteiger partial charge in [-0.3, -0.25) is 11.3 Å². The van der Waals surface area contributed by atoms with Crippen molar-refractivity contribution in [3.63, 3.8) is 0 Å². The van der Waals surface area contributed by atoms with Gasteiger partial charge < -0.3 is 4.74 Å². The molecule has 1 saturated heterocycles. The first kappa shape index (κ1) is 8.97. The van der Waals surface area contributed by atoms with Gasteiger partial charge in [0.05, 0.1) is 0 Å². The van der Waals surface area contributed by atoms with E-state index in [-0.39, 0.29) is 0 Å². The fourth-order valence-electron chi connectivity index (χ4n) is 1.53. The minimum absolute atomic E-state index is 0.886. The Kier molecular flexibility index (Phi) is 4.50. The zero-order valence-corrected chi connectivity index (χ0v) is 7.01. The third-order valence-corrected chi connectivity index (χ3v) is 2.27. The number of hydrazine groups is 1. The fourth-order valence-corrected chi connectivity index (χ4v) is 1.53. The van der Waals surface area contributed by atoms with Crippen molar-refractivity contribution in [2.24, 2.45) is 11.8 Å². The minimum atomic E-state index is 0.886. The molecule has 1 aliphatic heterocycles.